The molecule has 0 radical (unpaired) electrons. The molecule has 0 saturated heterocycles. The van der Waals surface area contributed by atoms with Crippen LogP contribution >= 0.6 is 12.4 Å². The molecule has 0 unspecified atom stereocenters. The summed E-state index contributed by atoms with van der Waals surface area (Å²) in [6.45, 7) is 3.10. The van der Waals surface area contributed by atoms with Gasteiger partial charge in [0.15, 0.2) is 0 Å². The largest absolute Gasteiger partial charge is 0.378 e. The lowest BCUT2D eigenvalue weighted by atomic mass is 9.90. The maximum atomic E-state index is 5.59. The van der Waals surface area contributed by atoms with E-state index in [0.717, 1.165) is 19.4 Å². The zero-order chi connectivity index (χ0) is 7.40. The van der Waals surface area contributed by atoms with Crippen molar-refractivity contribution in [3.63, 3.8) is 0 Å². The Bertz CT molecular complexity index is 94.1. The van der Waals surface area contributed by atoms with Gasteiger partial charge in [-0.3, -0.25) is 0 Å². The Morgan fingerprint density at radius 1 is 1.45 bits per heavy atom. The van der Waals surface area contributed by atoms with Crippen LogP contribution in [0.15, 0.2) is 0 Å². The molecule has 0 amide bonds. The van der Waals surface area contributed by atoms with Gasteiger partial charge in [-0.25, -0.2) is 0 Å². The Balaban J connectivity index is 0.000001000. The van der Waals surface area contributed by atoms with Gasteiger partial charge in [-0.15, -0.1) is 12.4 Å². The molecule has 0 aromatic rings. The van der Waals surface area contributed by atoms with E-state index in [9.17, 15) is 0 Å². The normalized spacial score (nSPS) is 28.9. The lowest BCUT2D eigenvalue weighted by Gasteiger charge is -2.32. The van der Waals surface area contributed by atoms with E-state index in [1.807, 2.05) is 0 Å². The molecule has 0 aromatic heterocycles. The minimum atomic E-state index is 0. The van der Waals surface area contributed by atoms with Gasteiger partial charge >= 0.3 is 0 Å². The predicted octanol–water partition coefficient (Wildman–Crippen LogP) is 1.71. The third-order valence-corrected chi connectivity index (χ3v) is 1.98. The minimum Gasteiger partial charge on any atom is -0.378 e. The first-order chi connectivity index (χ1) is 4.83. The van der Waals surface area contributed by atoms with Crippen molar-refractivity contribution in [3.8, 4) is 0 Å². The third-order valence-electron chi connectivity index (χ3n) is 1.98. The predicted molar refractivity (Wildman–Crippen MR) is 49.1 cm³/mol. The van der Waals surface area contributed by atoms with E-state index in [1.54, 1.807) is 0 Å². The van der Waals surface area contributed by atoms with Crippen LogP contribution in [0.1, 0.15) is 32.6 Å². The Morgan fingerprint density at radius 3 is 2.55 bits per heavy atom. The number of hydrogen-bond acceptors (Lipinski definition) is 2. The molecule has 0 bridgehead atoms. The van der Waals surface area contributed by atoms with Crippen molar-refractivity contribution in [2.24, 2.45) is 5.73 Å². The summed E-state index contributed by atoms with van der Waals surface area (Å²) >= 11 is 0. The molecule has 0 heterocycles. The smallest absolute Gasteiger partial charge is 0.0604 e. The molecule has 1 rings (SSSR count). The molecule has 68 valence electrons. The average molecular weight is 180 g/mol. The molecule has 1 aliphatic carbocycles. The average Bonchev–Trinajstić information content (AvgIpc) is 1.85. The zero-order valence-electron chi connectivity index (χ0n) is 7.08. The van der Waals surface area contributed by atoms with Gasteiger partial charge in [0.25, 0.3) is 0 Å². The van der Waals surface area contributed by atoms with Crippen LogP contribution in [0.2, 0.25) is 0 Å². The highest BCUT2D eigenvalue weighted by molar-refractivity contribution is 5.85. The SMILES string of the molecule is CCCCOC1CC(N)C1.Cl. The molecule has 1 saturated carbocycles. The third kappa shape index (κ3) is 3.94. The zero-order valence-corrected chi connectivity index (χ0v) is 7.90. The van der Waals surface area contributed by atoms with Crippen molar-refractivity contribution in [2.75, 3.05) is 6.61 Å². The molecule has 0 atom stereocenters. The van der Waals surface area contributed by atoms with Crippen molar-refractivity contribution in [1.29, 1.82) is 0 Å². The summed E-state index contributed by atoms with van der Waals surface area (Å²) < 4.78 is 5.51. The molecule has 11 heavy (non-hydrogen) atoms. The molecule has 0 aliphatic heterocycles. The second-order valence-electron chi connectivity index (χ2n) is 3.08. The van der Waals surface area contributed by atoms with E-state index in [2.05, 4.69) is 6.92 Å². The van der Waals surface area contributed by atoms with Gasteiger partial charge in [0.2, 0.25) is 0 Å². The van der Waals surface area contributed by atoms with E-state index in [0.29, 0.717) is 12.1 Å². The number of rotatable bonds is 4. The van der Waals surface area contributed by atoms with Gasteiger partial charge < -0.3 is 10.5 Å². The molecule has 2 N–H and O–H groups in total. The van der Waals surface area contributed by atoms with E-state index >= 15 is 0 Å². The van der Waals surface area contributed by atoms with E-state index in [1.165, 1.54) is 12.8 Å². The Morgan fingerprint density at radius 2 is 2.09 bits per heavy atom. The number of nitrogens with two attached hydrogens (primary N) is 1. The summed E-state index contributed by atoms with van der Waals surface area (Å²) in [5, 5.41) is 0. The molecular formula is C8H18ClNO. The summed E-state index contributed by atoms with van der Waals surface area (Å²) in [4.78, 5) is 0. The van der Waals surface area contributed by atoms with Crippen LogP contribution in [0, 0.1) is 0 Å². The summed E-state index contributed by atoms with van der Waals surface area (Å²) in [5.41, 5.74) is 5.59. The Kier molecular flexibility index (Phi) is 5.92. The molecule has 1 fully saturated rings. The number of halogens is 1. The summed E-state index contributed by atoms with van der Waals surface area (Å²) in [6.07, 6.45) is 5.04. The monoisotopic (exact) mass is 179 g/mol. The van der Waals surface area contributed by atoms with Crippen molar-refractivity contribution in [1.82, 2.24) is 0 Å². The molecule has 0 aromatic carbocycles. The first kappa shape index (κ1) is 11.2. The molecule has 3 heteroatoms. The molecular weight excluding hydrogens is 162 g/mol. The molecule has 1 aliphatic rings. The van der Waals surface area contributed by atoms with Crippen molar-refractivity contribution >= 4 is 12.4 Å². The van der Waals surface area contributed by atoms with E-state index in [-0.39, 0.29) is 12.4 Å². The number of ether oxygens (including phenoxy) is 1. The van der Waals surface area contributed by atoms with Gasteiger partial charge in [-0.05, 0) is 19.3 Å². The highest BCUT2D eigenvalue weighted by atomic mass is 35.5. The lowest BCUT2D eigenvalue weighted by molar-refractivity contribution is -0.00934. The van der Waals surface area contributed by atoms with Crippen LogP contribution in [-0.2, 0) is 4.74 Å². The quantitative estimate of drug-likeness (QED) is 0.667. The highest BCUT2D eigenvalue weighted by Gasteiger charge is 2.25. The number of hydrogen-bond donors (Lipinski definition) is 1. The summed E-state index contributed by atoms with van der Waals surface area (Å²) in [7, 11) is 0. The fraction of sp³-hybridized carbons (Fsp3) is 1.00. The van der Waals surface area contributed by atoms with E-state index < -0.39 is 0 Å². The van der Waals surface area contributed by atoms with Crippen LogP contribution in [0.25, 0.3) is 0 Å². The van der Waals surface area contributed by atoms with Crippen LogP contribution < -0.4 is 5.73 Å². The van der Waals surface area contributed by atoms with Gasteiger partial charge in [-0.2, -0.15) is 0 Å². The van der Waals surface area contributed by atoms with Crippen molar-refractivity contribution in [2.45, 2.75) is 44.8 Å². The standard InChI is InChI=1S/C8H17NO.ClH/c1-2-3-4-10-8-5-7(9)6-8;/h7-8H,2-6,9H2,1H3;1H. The summed E-state index contributed by atoms with van der Waals surface area (Å²) in [6, 6.07) is 0.423. The second-order valence-corrected chi connectivity index (χ2v) is 3.08. The fourth-order valence-corrected chi connectivity index (χ4v) is 1.14. The number of unbranched alkanes of at least 4 members (excludes halogenated alkanes) is 1. The first-order valence-electron chi connectivity index (χ1n) is 4.20. The van der Waals surface area contributed by atoms with Crippen LogP contribution in [0.3, 0.4) is 0 Å². The maximum Gasteiger partial charge on any atom is 0.0604 e. The Hall–Kier alpha value is 0.210. The van der Waals surface area contributed by atoms with Gasteiger partial charge in [0, 0.05) is 12.6 Å². The van der Waals surface area contributed by atoms with Gasteiger partial charge in [-0.1, -0.05) is 13.3 Å². The minimum absolute atomic E-state index is 0. The fourth-order valence-electron chi connectivity index (χ4n) is 1.14. The van der Waals surface area contributed by atoms with Crippen LogP contribution in [-0.4, -0.2) is 18.8 Å². The van der Waals surface area contributed by atoms with E-state index in [4.69, 9.17) is 10.5 Å². The highest BCUT2D eigenvalue weighted by Crippen LogP contribution is 2.21. The van der Waals surface area contributed by atoms with Crippen molar-refractivity contribution in [3.05, 3.63) is 0 Å². The van der Waals surface area contributed by atoms with Crippen molar-refractivity contribution < 1.29 is 4.74 Å². The maximum absolute atomic E-state index is 5.59. The topological polar surface area (TPSA) is 35.2 Å². The summed E-state index contributed by atoms with van der Waals surface area (Å²) in [5.74, 6) is 0. The second kappa shape index (κ2) is 5.81. The van der Waals surface area contributed by atoms with Crippen LogP contribution in [0.4, 0.5) is 0 Å². The lowest BCUT2D eigenvalue weighted by Crippen LogP contribution is -2.41. The van der Waals surface area contributed by atoms with Gasteiger partial charge in [0.1, 0.15) is 0 Å². The molecule has 2 nitrogen and oxygen atoms in total. The molecule has 0 spiro atoms. The van der Waals surface area contributed by atoms with Gasteiger partial charge in [0.05, 0.1) is 6.10 Å². The Labute approximate surface area is 74.9 Å². The first-order valence-corrected chi connectivity index (χ1v) is 4.20. The van der Waals surface area contributed by atoms with Crippen LogP contribution in [0.5, 0.6) is 0 Å².